The van der Waals surface area contributed by atoms with Gasteiger partial charge in [-0.05, 0) is 55.5 Å². The topological polar surface area (TPSA) is 145 Å². The third-order valence-corrected chi connectivity index (χ3v) is 7.59. The summed E-state index contributed by atoms with van der Waals surface area (Å²) in [5.41, 5.74) is 2.53. The zero-order valence-corrected chi connectivity index (χ0v) is 25.8. The summed E-state index contributed by atoms with van der Waals surface area (Å²) >= 11 is 0. The molecule has 0 bridgehead atoms. The highest BCUT2D eigenvalue weighted by molar-refractivity contribution is 5.88. The van der Waals surface area contributed by atoms with Crippen LogP contribution in [0.2, 0.25) is 0 Å². The number of aromatic nitrogens is 3. The fourth-order valence-electron chi connectivity index (χ4n) is 5.38. The first-order valence-corrected chi connectivity index (χ1v) is 15.2. The SMILES string of the molecule is Cc1nc2n(n1)CC(=O)NCCCN(Cc1cccc(C#N)c1)CCCC(=O)N[C@H](Cc1ccccc1)C(=O)N[C@H]2C(C)C. The largest absolute Gasteiger partial charge is 0.354 e. The van der Waals surface area contributed by atoms with E-state index in [1.54, 1.807) is 17.7 Å². The molecule has 3 N–H and O–H groups in total. The van der Waals surface area contributed by atoms with Crippen LogP contribution < -0.4 is 16.0 Å². The molecule has 0 radical (unpaired) electrons. The van der Waals surface area contributed by atoms with Crippen LogP contribution in [-0.4, -0.2) is 63.1 Å². The molecule has 0 fully saturated rings. The van der Waals surface area contributed by atoms with Crippen molar-refractivity contribution in [1.29, 1.82) is 5.26 Å². The van der Waals surface area contributed by atoms with Crippen molar-refractivity contribution in [2.75, 3.05) is 19.6 Å². The summed E-state index contributed by atoms with van der Waals surface area (Å²) in [5.74, 6) is 0.247. The average molecular weight is 599 g/mol. The summed E-state index contributed by atoms with van der Waals surface area (Å²) in [4.78, 5) is 46.7. The zero-order valence-electron chi connectivity index (χ0n) is 25.8. The van der Waals surface area contributed by atoms with Gasteiger partial charge in [-0.25, -0.2) is 9.67 Å². The Balaban J connectivity index is 1.58. The highest BCUT2D eigenvalue weighted by Gasteiger charge is 2.29. The second-order valence-electron chi connectivity index (χ2n) is 11.6. The Labute approximate surface area is 259 Å². The lowest BCUT2D eigenvalue weighted by molar-refractivity contribution is -0.129. The molecule has 2 aromatic carbocycles. The predicted molar refractivity (Wildman–Crippen MR) is 166 cm³/mol. The van der Waals surface area contributed by atoms with Gasteiger partial charge in [0.2, 0.25) is 17.7 Å². The normalized spacial score (nSPS) is 19.6. The molecular weight excluding hydrogens is 556 g/mol. The minimum absolute atomic E-state index is 0.0237. The van der Waals surface area contributed by atoms with E-state index in [-0.39, 0.29) is 36.6 Å². The van der Waals surface area contributed by atoms with E-state index in [9.17, 15) is 19.6 Å². The second kappa shape index (κ2) is 15.8. The molecule has 2 atom stereocenters. The molecule has 0 unspecified atom stereocenters. The van der Waals surface area contributed by atoms with Crippen molar-refractivity contribution in [1.82, 2.24) is 35.6 Å². The Morgan fingerprint density at radius 1 is 0.977 bits per heavy atom. The Morgan fingerprint density at radius 2 is 1.73 bits per heavy atom. The van der Waals surface area contributed by atoms with Crippen LogP contribution in [-0.2, 0) is 33.9 Å². The van der Waals surface area contributed by atoms with E-state index >= 15 is 0 Å². The van der Waals surface area contributed by atoms with Crippen LogP contribution in [0.25, 0.3) is 0 Å². The van der Waals surface area contributed by atoms with E-state index in [1.807, 2.05) is 62.4 Å². The molecule has 44 heavy (non-hydrogen) atoms. The first-order chi connectivity index (χ1) is 21.2. The van der Waals surface area contributed by atoms with Crippen LogP contribution in [0.5, 0.6) is 0 Å². The van der Waals surface area contributed by atoms with Gasteiger partial charge in [0, 0.05) is 32.5 Å². The maximum Gasteiger partial charge on any atom is 0.243 e. The van der Waals surface area contributed by atoms with Crippen molar-refractivity contribution < 1.29 is 14.4 Å². The van der Waals surface area contributed by atoms with Crippen LogP contribution in [0, 0.1) is 24.2 Å². The number of benzene rings is 2. The third kappa shape index (κ3) is 9.47. The number of fused-ring (bicyclic) bond motifs is 1. The number of nitriles is 1. The molecule has 11 nitrogen and oxygen atoms in total. The summed E-state index contributed by atoms with van der Waals surface area (Å²) in [7, 11) is 0. The molecular formula is C33H42N8O3. The minimum Gasteiger partial charge on any atom is -0.354 e. The summed E-state index contributed by atoms with van der Waals surface area (Å²) in [6.45, 7) is 8.10. The highest BCUT2D eigenvalue weighted by atomic mass is 16.2. The number of carbonyl (C=O) groups excluding carboxylic acids is 3. The smallest absolute Gasteiger partial charge is 0.243 e. The van der Waals surface area contributed by atoms with Gasteiger partial charge in [-0.2, -0.15) is 10.4 Å². The van der Waals surface area contributed by atoms with Gasteiger partial charge in [-0.1, -0.05) is 56.3 Å². The van der Waals surface area contributed by atoms with Crippen LogP contribution in [0.4, 0.5) is 0 Å². The van der Waals surface area contributed by atoms with Crippen LogP contribution in [0.15, 0.2) is 54.6 Å². The van der Waals surface area contributed by atoms with Crippen molar-refractivity contribution in [2.24, 2.45) is 5.92 Å². The van der Waals surface area contributed by atoms with Gasteiger partial charge >= 0.3 is 0 Å². The van der Waals surface area contributed by atoms with Crippen molar-refractivity contribution in [3.05, 3.63) is 82.9 Å². The fourth-order valence-corrected chi connectivity index (χ4v) is 5.38. The first-order valence-electron chi connectivity index (χ1n) is 15.2. The Hall–Kier alpha value is -4.56. The molecule has 232 valence electrons. The summed E-state index contributed by atoms with van der Waals surface area (Å²) in [5, 5.41) is 22.8. The monoisotopic (exact) mass is 598 g/mol. The van der Waals surface area contributed by atoms with Crippen molar-refractivity contribution >= 4 is 17.7 Å². The molecule has 0 saturated carbocycles. The van der Waals surface area contributed by atoms with Crippen LogP contribution >= 0.6 is 0 Å². The standard InChI is InChI=1S/C33H42N8O3/c1-23(2)31-32-36-24(3)39-41(32)22-30(43)35-15-9-17-40(21-27-13-7-12-26(18-27)20-34)16-8-14-29(42)37-28(33(44)38-31)19-25-10-5-4-6-11-25/h4-7,10-13,18,23,28,31H,8-9,14-17,19,21-22H2,1-3H3,(H,35,43)(H,37,42)(H,38,44)/t28-,31+/m1/s1. The number of hydrogen-bond donors (Lipinski definition) is 3. The summed E-state index contributed by atoms with van der Waals surface area (Å²) < 4.78 is 1.55. The van der Waals surface area contributed by atoms with Gasteiger partial charge in [0.1, 0.15) is 18.4 Å². The molecule has 0 spiro atoms. The molecule has 1 aliphatic rings. The van der Waals surface area contributed by atoms with Crippen molar-refractivity contribution in [3.63, 3.8) is 0 Å². The molecule has 0 aliphatic carbocycles. The summed E-state index contributed by atoms with van der Waals surface area (Å²) in [6, 6.07) is 18.0. The van der Waals surface area contributed by atoms with Crippen molar-refractivity contribution in [3.8, 4) is 6.07 Å². The molecule has 3 amide bonds. The number of aryl methyl sites for hydroxylation is 1. The van der Waals surface area contributed by atoms with E-state index in [0.29, 0.717) is 62.7 Å². The molecule has 3 aromatic rings. The molecule has 11 heteroatoms. The van der Waals surface area contributed by atoms with E-state index < -0.39 is 12.1 Å². The quantitative estimate of drug-likeness (QED) is 0.410. The second-order valence-corrected chi connectivity index (χ2v) is 11.6. The molecule has 1 aliphatic heterocycles. The predicted octanol–water partition coefficient (Wildman–Crippen LogP) is 2.80. The molecule has 0 saturated heterocycles. The minimum atomic E-state index is -0.796. The number of hydrogen-bond acceptors (Lipinski definition) is 7. The third-order valence-electron chi connectivity index (χ3n) is 7.59. The number of nitrogens with one attached hydrogen (secondary N) is 3. The van der Waals surface area contributed by atoms with E-state index in [0.717, 1.165) is 11.1 Å². The zero-order chi connectivity index (χ0) is 31.5. The Morgan fingerprint density at radius 3 is 2.48 bits per heavy atom. The van der Waals surface area contributed by atoms with E-state index in [2.05, 4.69) is 37.0 Å². The fraction of sp³-hybridized carbons (Fsp3) is 0.455. The maximum atomic E-state index is 13.8. The number of rotatable bonds is 5. The van der Waals surface area contributed by atoms with Crippen molar-refractivity contribution in [2.45, 2.75) is 71.6 Å². The van der Waals surface area contributed by atoms with E-state index in [1.165, 1.54) is 0 Å². The molecule has 4 rings (SSSR count). The Kier molecular flexibility index (Phi) is 11.6. The van der Waals surface area contributed by atoms with Gasteiger partial charge in [-0.15, -0.1) is 0 Å². The lowest BCUT2D eigenvalue weighted by Gasteiger charge is -2.26. The lowest BCUT2D eigenvalue weighted by Crippen LogP contribution is -2.50. The highest BCUT2D eigenvalue weighted by Crippen LogP contribution is 2.21. The van der Waals surface area contributed by atoms with Gasteiger partial charge in [0.05, 0.1) is 17.7 Å². The average Bonchev–Trinajstić information content (AvgIpc) is 3.36. The number of nitrogens with zero attached hydrogens (tertiary/aromatic N) is 5. The van der Waals surface area contributed by atoms with Gasteiger partial charge < -0.3 is 16.0 Å². The molecule has 1 aromatic heterocycles. The van der Waals surface area contributed by atoms with Crippen LogP contribution in [0.3, 0.4) is 0 Å². The molecule has 2 heterocycles. The number of carbonyl (C=O) groups is 3. The first kappa shape index (κ1) is 32.4. The van der Waals surface area contributed by atoms with Crippen LogP contribution in [0.1, 0.15) is 67.5 Å². The van der Waals surface area contributed by atoms with Gasteiger partial charge in [-0.3, -0.25) is 19.3 Å². The lowest BCUT2D eigenvalue weighted by atomic mass is 10.0. The van der Waals surface area contributed by atoms with Gasteiger partial charge in [0.15, 0.2) is 5.82 Å². The van der Waals surface area contributed by atoms with Gasteiger partial charge in [0.25, 0.3) is 0 Å². The maximum absolute atomic E-state index is 13.8. The van der Waals surface area contributed by atoms with E-state index in [4.69, 9.17) is 0 Å². The summed E-state index contributed by atoms with van der Waals surface area (Å²) in [6.07, 6.45) is 1.89. The number of amides is 3. The Bertz CT molecular complexity index is 1460.